The second kappa shape index (κ2) is 7.26. The third-order valence-corrected chi connectivity index (χ3v) is 4.98. The molecule has 0 aliphatic carbocycles. The van der Waals surface area contributed by atoms with Gasteiger partial charge in [0.2, 0.25) is 11.8 Å². The largest absolute Gasteiger partial charge is 0.457 e. The fourth-order valence-corrected chi connectivity index (χ4v) is 3.49. The van der Waals surface area contributed by atoms with E-state index >= 15 is 0 Å². The average Bonchev–Trinajstić information content (AvgIpc) is 3.03. The number of carbonyl (C=O) groups is 4. The predicted molar refractivity (Wildman–Crippen MR) is 98.0 cm³/mol. The van der Waals surface area contributed by atoms with Gasteiger partial charge in [-0.05, 0) is 29.7 Å². The Morgan fingerprint density at radius 3 is 2.64 bits per heavy atom. The monoisotopic (exact) mass is 378 g/mol. The smallest absolute Gasteiger partial charge is 0.338 e. The van der Waals surface area contributed by atoms with E-state index < -0.39 is 17.9 Å². The molecule has 2 aliphatic rings. The van der Waals surface area contributed by atoms with E-state index in [0.717, 1.165) is 11.1 Å². The van der Waals surface area contributed by atoms with Crippen molar-refractivity contribution < 1.29 is 23.9 Å². The molecule has 2 aliphatic heterocycles. The molecular weight excluding hydrogens is 360 g/mol. The number of hydrogen-bond acceptors (Lipinski definition) is 5. The van der Waals surface area contributed by atoms with Gasteiger partial charge in [-0.2, -0.15) is 0 Å². The molecule has 2 aromatic carbocycles. The van der Waals surface area contributed by atoms with Crippen molar-refractivity contribution in [1.29, 1.82) is 0 Å². The van der Waals surface area contributed by atoms with Crippen LogP contribution in [-0.2, 0) is 27.5 Å². The zero-order valence-corrected chi connectivity index (χ0v) is 15.0. The van der Waals surface area contributed by atoms with Crippen LogP contribution in [0.3, 0.4) is 0 Å². The van der Waals surface area contributed by atoms with Gasteiger partial charge in [0.1, 0.15) is 12.6 Å². The lowest BCUT2D eigenvalue weighted by Crippen LogP contribution is -2.52. The van der Waals surface area contributed by atoms with E-state index in [4.69, 9.17) is 4.74 Å². The summed E-state index contributed by atoms with van der Waals surface area (Å²) in [4.78, 5) is 50.0. The zero-order valence-electron chi connectivity index (χ0n) is 15.0. The molecule has 1 saturated heterocycles. The van der Waals surface area contributed by atoms with E-state index in [-0.39, 0.29) is 37.0 Å². The number of rotatable bonds is 4. The number of amides is 3. The Labute approximate surface area is 161 Å². The topological polar surface area (TPSA) is 92.8 Å². The Bertz CT molecular complexity index is 970. The SMILES string of the molecule is O=C1CCC(N2Cc3ccc(C(=O)OCc4ccccc4)cc3C2=O)C(=O)N1. The molecule has 2 aromatic rings. The van der Waals surface area contributed by atoms with Crippen molar-refractivity contribution in [3.05, 3.63) is 70.8 Å². The minimum absolute atomic E-state index is 0.146. The van der Waals surface area contributed by atoms with Crippen molar-refractivity contribution in [3.8, 4) is 0 Å². The Morgan fingerprint density at radius 1 is 1.11 bits per heavy atom. The van der Waals surface area contributed by atoms with Crippen molar-refractivity contribution in [1.82, 2.24) is 10.2 Å². The van der Waals surface area contributed by atoms with Crippen molar-refractivity contribution in [3.63, 3.8) is 0 Å². The summed E-state index contributed by atoms with van der Waals surface area (Å²) in [6.07, 6.45) is 0.504. The Hall–Kier alpha value is -3.48. The lowest BCUT2D eigenvalue weighted by molar-refractivity contribution is -0.136. The van der Waals surface area contributed by atoms with Gasteiger partial charge >= 0.3 is 5.97 Å². The maximum Gasteiger partial charge on any atom is 0.338 e. The lowest BCUT2D eigenvalue weighted by Gasteiger charge is -2.29. The van der Waals surface area contributed by atoms with Gasteiger partial charge < -0.3 is 9.64 Å². The van der Waals surface area contributed by atoms with E-state index in [0.29, 0.717) is 12.0 Å². The van der Waals surface area contributed by atoms with E-state index in [9.17, 15) is 19.2 Å². The van der Waals surface area contributed by atoms with Gasteiger partial charge in [-0.15, -0.1) is 0 Å². The highest BCUT2D eigenvalue weighted by Gasteiger charge is 2.39. The molecule has 1 N–H and O–H groups in total. The molecule has 0 saturated carbocycles. The maximum atomic E-state index is 12.8. The van der Waals surface area contributed by atoms with Crippen molar-refractivity contribution in [2.75, 3.05) is 0 Å². The molecule has 142 valence electrons. The molecule has 7 nitrogen and oxygen atoms in total. The molecule has 0 aromatic heterocycles. The molecule has 0 bridgehead atoms. The molecule has 28 heavy (non-hydrogen) atoms. The first-order valence-electron chi connectivity index (χ1n) is 9.01. The number of nitrogens with one attached hydrogen (secondary N) is 1. The van der Waals surface area contributed by atoms with Gasteiger partial charge in [0.25, 0.3) is 5.91 Å². The van der Waals surface area contributed by atoms with Crippen molar-refractivity contribution >= 4 is 23.7 Å². The lowest BCUT2D eigenvalue weighted by atomic mass is 10.0. The molecule has 0 radical (unpaired) electrons. The molecule has 1 unspecified atom stereocenters. The number of hydrogen-bond donors (Lipinski definition) is 1. The first-order valence-corrected chi connectivity index (χ1v) is 9.01. The molecule has 0 spiro atoms. The molecular formula is C21H18N2O5. The van der Waals surface area contributed by atoms with E-state index in [1.54, 1.807) is 12.1 Å². The molecule has 1 atom stereocenters. The van der Waals surface area contributed by atoms with Crippen LogP contribution in [0, 0.1) is 0 Å². The van der Waals surface area contributed by atoms with E-state index in [1.165, 1.54) is 11.0 Å². The fourth-order valence-electron chi connectivity index (χ4n) is 3.49. The molecule has 2 heterocycles. The van der Waals surface area contributed by atoms with Gasteiger partial charge in [-0.25, -0.2) is 4.79 Å². The standard InChI is InChI=1S/C21H18N2O5/c24-18-9-8-17(19(25)22-18)23-11-15-7-6-14(10-16(15)20(23)26)21(27)28-12-13-4-2-1-3-5-13/h1-7,10,17H,8-9,11-12H2,(H,22,24,25). The van der Waals surface area contributed by atoms with Crippen LogP contribution < -0.4 is 5.32 Å². The molecule has 1 fully saturated rings. The summed E-state index contributed by atoms with van der Waals surface area (Å²) < 4.78 is 5.32. The van der Waals surface area contributed by atoms with Crippen LogP contribution in [0.4, 0.5) is 0 Å². The van der Waals surface area contributed by atoms with Gasteiger partial charge in [-0.3, -0.25) is 19.7 Å². The van der Waals surface area contributed by atoms with Gasteiger partial charge in [-0.1, -0.05) is 36.4 Å². The number of fused-ring (bicyclic) bond motifs is 1. The third-order valence-electron chi connectivity index (χ3n) is 4.98. The van der Waals surface area contributed by atoms with Crippen LogP contribution in [0.25, 0.3) is 0 Å². The summed E-state index contributed by atoms with van der Waals surface area (Å²) in [5.74, 6) is -1.62. The van der Waals surface area contributed by atoms with E-state index in [2.05, 4.69) is 5.32 Å². The number of ether oxygens (including phenoxy) is 1. The van der Waals surface area contributed by atoms with Crippen LogP contribution in [0.2, 0.25) is 0 Å². The number of benzene rings is 2. The summed E-state index contributed by atoms with van der Waals surface area (Å²) >= 11 is 0. The van der Waals surface area contributed by atoms with E-state index in [1.807, 2.05) is 30.3 Å². The third kappa shape index (κ3) is 3.38. The highest BCUT2D eigenvalue weighted by Crippen LogP contribution is 2.28. The number of piperidine rings is 1. The Morgan fingerprint density at radius 2 is 1.89 bits per heavy atom. The second-order valence-corrected chi connectivity index (χ2v) is 6.83. The number of carbonyl (C=O) groups excluding carboxylic acids is 4. The highest BCUT2D eigenvalue weighted by atomic mass is 16.5. The summed E-state index contributed by atoms with van der Waals surface area (Å²) in [6.45, 7) is 0.424. The quantitative estimate of drug-likeness (QED) is 0.647. The van der Waals surface area contributed by atoms with Crippen LogP contribution >= 0.6 is 0 Å². The van der Waals surface area contributed by atoms with Gasteiger partial charge in [0.05, 0.1) is 5.56 Å². The average molecular weight is 378 g/mol. The van der Waals surface area contributed by atoms with Crippen LogP contribution in [0.15, 0.2) is 48.5 Å². The van der Waals surface area contributed by atoms with Crippen LogP contribution in [-0.4, -0.2) is 34.6 Å². The predicted octanol–water partition coefficient (Wildman–Crippen LogP) is 1.80. The summed E-state index contributed by atoms with van der Waals surface area (Å²) in [6, 6.07) is 13.5. The summed E-state index contributed by atoms with van der Waals surface area (Å²) in [7, 11) is 0. The highest BCUT2D eigenvalue weighted by molar-refractivity contribution is 6.06. The van der Waals surface area contributed by atoms with Crippen molar-refractivity contribution in [2.45, 2.75) is 32.0 Å². The van der Waals surface area contributed by atoms with Gasteiger partial charge in [0.15, 0.2) is 0 Å². The Kier molecular flexibility index (Phi) is 4.65. The van der Waals surface area contributed by atoms with Crippen molar-refractivity contribution in [2.24, 2.45) is 0 Å². The Balaban J connectivity index is 1.47. The zero-order chi connectivity index (χ0) is 19.7. The fraction of sp³-hybridized carbons (Fsp3) is 0.238. The first kappa shape index (κ1) is 17.9. The second-order valence-electron chi connectivity index (χ2n) is 6.83. The molecule has 3 amide bonds. The van der Waals surface area contributed by atoms with Crippen LogP contribution in [0.1, 0.15) is 44.7 Å². The first-order chi connectivity index (χ1) is 13.5. The summed E-state index contributed by atoms with van der Waals surface area (Å²) in [5.41, 5.74) is 2.29. The van der Waals surface area contributed by atoms with Crippen LogP contribution in [0.5, 0.6) is 0 Å². The maximum absolute atomic E-state index is 12.8. The minimum Gasteiger partial charge on any atom is -0.457 e. The normalized spacial score (nSPS) is 18.6. The number of imide groups is 1. The number of esters is 1. The number of nitrogens with zero attached hydrogens (tertiary/aromatic N) is 1. The minimum atomic E-state index is -0.675. The van der Waals surface area contributed by atoms with Gasteiger partial charge in [0, 0.05) is 18.5 Å². The molecule has 7 heteroatoms. The molecule has 4 rings (SSSR count). The summed E-state index contributed by atoms with van der Waals surface area (Å²) in [5, 5.41) is 2.27.